The SMILES string of the molecule is Cc1c(Cl)c([N+](=O)[O-])nn1CC(=O)Nc1sc2c(c1C(N)=O)CCC(C)C2. The molecule has 3 N–H and O–H groups in total. The topological polar surface area (TPSA) is 133 Å². The molecule has 0 spiro atoms. The number of primary amides is 1. The van der Waals surface area contributed by atoms with Crippen molar-refractivity contribution in [2.75, 3.05) is 5.32 Å². The highest BCUT2D eigenvalue weighted by atomic mass is 35.5. The van der Waals surface area contributed by atoms with Gasteiger partial charge >= 0.3 is 5.82 Å². The summed E-state index contributed by atoms with van der Waals surface area (Å²) in [6, 6.07) is 0. The number of nitrogens with one attached hydrogen (secondary N) is 1. The first-order valence-electron chi connectivity index (χ1n) is 8.30. The third-order valence-electron chi connectivity index (χ3n) is 4.59. The minimum Gasteiger partial charge on any atom is -0.365 e. The van der Waals surface area contributed by atoms with E-state index in [-0.39, 0.29) is 11.6 Å². The van der Waals surface area contributed by atoms with Gasteiger partial charge in [0.1, 0.15) is 11.5 Å². The minimum absolute atomic E-state index is 0.105. The summed E-state index contributed by atoms with van der Waals surface area (Å²) in [4.78, 5) is 35.6. The second kappa shape index (κ2) is 7.28. The van der Waals surface area contributed by atoms with Gasteiger partial charge in [-0.3, -0.25) is 9.59 Å². The van der Waals surface area contributed by atoms with E-state index in [0.717, 1.165) is 34.4 Å². The lowest BCUT2D eigenvalue weighted by Crippen LogP contribution is -2.22. The number of hydrogen-bond acceptors (Lipinski definition) is 6. The van der Waals surface area contributed by atoms with Gasteiger partial charge in [-0.2, -0.15) is 4.68 Å². The first kappa shape index (κ1) is 19.3. The van der Waals surface area contributed by atoms with E-state index in [9.17, 15) is 19.7 Å². The molecule has 0 aliphatic heterocycles. The molecular weight excluding hydrogens is 394 g/mol. The van der Waals surface area contributed by atoms with Gasteiger partial charge in [-0.1, -0.05) is 18.5 Å². The van der Waals surface area contributed by atoms with Gasteiger partial charge in [0.15, 0.2) is 5.02 Å². The summed E-state index contributed by atoms with van der Waals surface area (Å²) < 4.78 is 1.16. The zero-order valence-corrected chi connectivity index (χ0v) is 16.3. The van der Waals surface area contributed by atoms with Crippen molar-refractivity contribution in [3.05, 3.63) is 36.8 Å². The van der Waals surface area contributed by atoms with Crippen molar-refractivity contribution in [1.29, 1.82) is 0 Å². The van der Waals surface area contributed by atoms with Crippen molar-refractivity contribution in [3.63, 3.8) is 0 Å². The van der Waals surface area contributed by atoms with Gasteiger partial charge in [-0.25, -0.2) is 0 Å². The highest BCUT2D eigenvalue weighted by molar-refractivity contribution is 7.17. The van der Waals surface area contributed by atoms with Gasteiger partial charge in [-0.05, 0) is 42.6 Å². The molecule has 0 fully saturated rings. The summed E-state index contributed by atoms with van der Waals surface area (Å²) in [6.45, 7) is 3.41. The zero-order valence-electron chi connectivity index (χ0n) is 14.7. The van der Waals surface area contributed by atoms with Gasteiger partial charge in [0.05, 0.1) is 16.4 Å². The number of thiophene rings is 1. The molecule has 0 saturated carbocycles. The maximum atomic E-state index is 12.4. The van der Waals surface area contributed by atoms with Crippen LogP contribution in [0.1, 0.15) is 39.8 Å². The Morgan fingerprint density at radius 3 is 2.81 bits per heavy atom. The van der Waals surface area contributed by atoms with Crippen molar-refractivity contribution in [2.24, 2.45) is 11.7 Å². The van der Waals surface area contributed by atoms with E-state index < -0.39 is 22.6 Å². The molecule has 144 valence electrons. The fourth-order valence-corrected chi connectivity index (χ4v) is 4.82. The van der Waals surface area contributed by atoms with Crippen LogP contribution in [0, 0.1) is 23.0 Å². The summed E-state index contributed by atoms with van der Waals surface area (Å²) in [5.74, 6) is -1.04. The van der Waals surface area contributed by atoms with Gasteiger partial charge in [0, 0.05) is 4.88 Å². The van der Waals surface area contributed by atoms with Crippen LogP contribution in [-0.2, 0) is 24.2 Å². The van der Waals surface area contributed by atoms with Crippen molar-refractivity contribution in [2.45, 2.75) is 39.7 Å². The Balaban J connectivity index is 1.84. The van der Waals surface area contributed by atoms with Crippen molar-refractivity contribution >= 4 is 45.6 Å². The fraction of sp³-hybridized carbons (Fsp3) is 0.438. The molecule has 2 aromatic heterocycles. The number of nitrogens with two attached hydrogens (primary N) is 1. The highest BCUT2D eigenvalue weighted by Crippen LogP contribution is 2.39. The molecule has 0 saturated heterocycles. The van der Waals surface area contributed by atoms with Crippen LogP contribution >= 0.6 is 22.9 Å². The highest BCUT2D eigenvalue weighted by Gasteiger charge is 2.28. The summed E-state index contributed by atoms with van der Waals surface area (Å²) in [5.41, 5.74) is 7.12. The van der Waals surface area contributed by atoms with E-state index in [1.807, 2.05) is 0 Å². The van der Waals surface area contributed by atoms with E-state index in [2.05, 4.69) is 17.3 Å². The minimum atomic E-state index is -0.705. The van der Waals surface area contributed by atoms with Gasteiger partial charge < -0.3 is 21.2 Å². The smallest absolute Gasteiger partial charge is 0.365 e. The number of aromatic nitrogens is 2. The molecule has 27 heavy (non-hydrogen) atoms. The van der Waals surface area contributed by atoms with Crippen LogP contribution < -0.4 is 11.1 Å². The van der Waals surface area contributed by atoms with E-state index in [1.54, 1.807) is 0 Å². The quantitative estimate of drug-likeness (QED) is 0.576. The maximum absolute atomic E-state index is 12.4. The van der Waals surface area contributed by atoms with Gasteiger partial charge in [-0.15, -0.1) is 11.3 Å². The second-order valence-corrected chi connectivity index (χ2v) is 8.09. The van der Waals surface area contributed by atoms with Crippen LogP contribution in [0.2, 0.25) is 5.02 Å². The van der Waals surface area contributed by atoms with Crippen LogP contribution in [0.3, 0.4) is 0 Å². The van der Waals surface area contributed by atoms with Crippen molar-refractivity contribution < 1.29 is 14.5 Å². The van der Waals surface area contributed by atoms with Crippen LogP contribution in [0.4, 0.5) is 10.8 Å². The molecule has 0 bridgehead atoms. The Bertz CT molecular complexity index is 951. The van der Waals surface area contributed by atoms with Crippen LogP contribution in [0.25, 0.3) is 0 Å². The molecule has 3 rings (SSSR count). The second-order valence-electron chi connectivity index (χ2n) is 6.61. The Kier molecular flexibility index (Phi) is 5.20. The molecular formula is C16H18ClN5O4S. The zero-order chi connectivity index (χ0) is 19.9. The Morgan fingerprint density at radius 1 is 1.52 bits per heavy atom. The number of rotatable bonds is 5. The average molecular weight is 412 g/mol. The number of nitrogens with zero attached hydrogens (tertiary/aromatic N) is 3. The Morgan fingerprint density at radius 2 is 2.22 bits per heavy atom. The molecule has 0 radical (unpaired) electrons. The Hall–Kier alpha value is -2.46. The van der Waals surface area contributed by atoms with E-state index in [0.29, 0.717) is 22.2 Å². The van der Waals surface area contributed by atoms with E-state index >= 15 is 0 Å². The number of anilines is 1. The summed E-state index contributed by atoms with van der Waals surface area (Å²) >= 11 is 7.24. The third kappa shape index (κ3) is 3.67. The molecule has 2 aromatic rings. The molecule has 1 aliphatic rings. The average Bonchev–Trinajstić information content (AvgIpc) is 3.06. The summed E-state index contributed by atoms with van der Waals surface area (Å²) in [7, 11) is 0. The van der Waals surface area contributed by atoms with Crippen molar-refractivity contribution in [1.82, 2.24) is 9.78 Å². The van der Waals surface area contributed by atoms with Crippen molar-refractivity contribution in [3.8, 4) is 0 Å². The lowest BCUT2D eigenvalue weighted by molar-refractivity contribution is -0.389. The number of halogens is 1. The van der Waals surface area contributed by atoms with Crippen LogP contribution in [0.15, 0.2) is 0 Å². The van der Waals surface area contributed by atoms with E-state index in [4.69, 9.17) is 17.3 Å². The number of carbonyl (C=O) groups excluding carboxylic acids is 2. The van der Waals surface area contributed by atoms with Crippen LogP contribution in [0.5, 0.6) is 0 Å². The number of hydrogen-bond donors (Lipinski definition) is 2. The van der Waals surface area contributed by atoms with Gasteiger partial charge in [0.25, 0.3) is 5.91 Å². The maximum Gasteiger partial charge on any atom is 0.408 e. The predicted octanol–water partition coefficient (Wildman–Crippen LogP) is 2.68. The predicted molar refractivity (Wildman–Crippen MR) is 101 cm³/mol. The fourth-order valence-electron chi connectivity index (χ4n) is 3.18. The van der Waals surface area contributed by atoms with E-state index in [1.165, 1.54) is 18.3 Å². The summed E-state index contributed by atoms with van der Waals surface area (Å²) in [6.07, 6.45) is 2.56. The number of fused-ring (bicyclic) bond motifs is 1. The lowest BCUT2D eigenvalue weighted by atomic mass is 9.88. The molecule has 9 nitrogen and oxygen atoms in total. The normalized spacial score (nSPS) is 16.0. The largest absolute Gasteiger partial charge is 0.408 e. The molecule has 1 atom stereocenters. The standard InChI is InChI=1S/C16H18ClN5O4S/c1-7-3-4-9-10(5-7)27-16(12(9)14(18)24)19-11(23)6-21-8(2)13(17)15(20-21)22(25)26/h7H,3-6H2,1-2H3,(H2,18,24)(H,19,23). The van der Waals surface area contributed by atoms with Gasteiger partial charge in [0.2, 0.25) is 5.91 Å². The molecule has 2 heterocycles. The first-order valence-corrected chi connectivity index (χ1v) is 9.50. The lowest BCUT2D eigenvalue weighted by Gasteiger charge is -2.18. The molecule has 11 heteroatoms. The third-order valence-corrected chi connectivity index (χ3v) is 6.21. The first-order chi connectivity index (χ1) is 12.7. The molecule has 0 aromatic carbocycles. The Labute approximate surface area is 163 Å². The number of nitro groups is 1. The number of carbonyl (C=O) groups is 2. The monoisotopic (exact) mass is 411 g/mol. The molecule has 2 amide bonds. The van der Waals surface area contributed by atoms with Crippen LogP contribution in [-0.4, -0.2) is 26.5 Å². The molecule has 1 aliphatic carbocycles. The number of amides is 2. The molecule has 1 unspecified atom stereocenters. The summed E-state index contributed by atoms with van der Waals surface area (Å²) in [5, 5.41) is 17.7.